The highest BCUT2D eigenvalue weighted by Crippen LogP contribution is 2.22. The SMILES string of the molecule is O=S(=O)(N1CCNCC1)N1CCC[C@H]1CO. The Morgan fingerprint density at radius 3 is 2.56 bits per heavy atom. The normalized spacial score (nSPS) is 29.7. The van der Waals surface area contributed by atoms with Gasteiger partial charge in [0.2, 0.25) is 0 Å². The van der Waals surface area contributed by atoms with Crippen molar-refractivity contribution in [2.45, 2.75) is 18.9 Å². The molecule has 0 amide bonds. The van der Waals surface area contributed by atoms with Crippen LogP contribution in [0.2, 0.25) is 0 Å². The topological polar surface area (TPSA) is 72.9 Å². The van der Waals surface area contributed by atoms with Crippen LogP contribution in [0.5, 0.6) is 0 Å². The Kier molecular flexibility index (Phi) is 3.81. The van der Waals surface area contributed by atoms with Gasteiger partial charge >= 0.3 is 0 Å². The molecular formula is C9H19N3O3S. The fourth-order valence-corrected chi connectivity index (χ4v) is 4.17. The number of rotatable bonds is 3. The van der Waals surface area contributed by atoms with E-state index >= 15 is 0 Å². The number of nitrogens with one attached hydrogen (secondary N) is 1. The van der Waals surface area contributed by atoms with Crippen LogP contribution < -0.4 is 5.32 Å². The third-order valence-electron chi connectivity index (χ3n) is 3.23. The Bertz CT molecular complexity index is 327. The summed E-state index contributed by atoms with van der Waals surface area (Å²) in [6, 6.07) is -0.222. The van der Waals surface area contributed by atoms with E-state index in [-0.39, 0.29) is 12.6 Å². The molecule has 6 nitrogen and oxygen atoms in total. The molecule has 1 atom stereocenters. The van der Waals surface area contributed by atoms with Crippen molar-refractivity contribution in [1.29, 1.82) is 0 Å². The lowest BCUT2D eigenvalue weighted by atomic mass is 10.2. The van der Waals surface area contributed by atoms with Gasteiger partial charge in [-0.1, -0.05) is 0 Å². The molecule has 2 aliphatic rings. The molecule has 2 N–H and O–H groups in total. The molecule has 7 heteroatoms. The van der Waals surface area contributed by atoms with Crippen LogP contribution in [0, 0.1) is 0 Å². The first-order chi connectivity index (χ1) is 7.66. The molecular weight excluding hydrogens is 230 g/mol. The standard InChI is InChI=1S/C9H19N3O3S/c13-8-9-2-1-5-12(9)16(14,15)11-6-3-10-4-7-11/h9-10,13H,1-8H2/t9-/m0/s1. The van der Waals surface area contributed by atoms with Crippen molar-refractivity contribution in [3.8, 4) is 0 Å². The summed E-state index contributed by atoms with van der Waals surface area (Å²) in [7, 11) is -3.36. The molecule has 0 aromatic carbocycles. The second-order valence-electron chi connectivity index (χ2n) is 4.25. The van der Waals surface area contributed by atoms with Crippen LogP contribution in [0.15, 0.2) is 0 Å². The smallest absolute Gasteiger partial charge is 0.282 e. The molecule has 0 bridgehead atoms. The first kappa shape index (κ1) is 12.3. The first-order valence-electron chi connectivity index (χ1n) is 5.75. The highest BCUT2D eigenvalue weighted by Gasteiger charge is 2.37. The quantitative estimate of drug-likeness (QED) is 0.645. The van der Waals surface area contributed by atoms with Gasteiger partial charge in [-0.2, -0.15) is 17.0 Å². The van der Waals surface area contributed by atoms with Crippen molar-refractivity contribution >= 4 is 10.2 Å². The van der Waals surface area contributed by atoms with E-state index in [9.17, 15) is 8.42 Å². The maximum absolute atomic E-state index is 12.3. The minimum absolute atomic E-state index is 0.0781. The predicted molar refractivity (Wildman–Crippen MR) is 60.2 cm³/mol. The van der Waals surface area contributed by atoms with E-state index in [1.165, 1.54) is 8.61 Å². The Morgan fingerprint density at radius 1 is 1.25 bits per heavy atom. The molecule has 2 saturated heterocycles. The zero-order valence-electron chi connectivity index (χ0n) is 9.30. The van der Waals surface area contributed by atoms with Crippen molar-refractivity contribution in [1.82, 2.24) is 13.9 Å². The summed E-state index contributed by atoms with van der Waals surface area (Å²) in [6.45, 7) is 2.92. The Labute approximate surface area is 96.4 Å². The molecule has 16 heavy (non-hydrogen) atoms. The van der Waals surface area contributed by atoms with Gasteiger partial charge in [-0.25, -0.2) is 0 Å². The average Bonchev–Trinajstić information content (AvgIpc) is 2.79. The van der Waals surface area contributed by atoms with E-state index in [0.717, 1.165) is 12.8 Å². The van der Waals surface area contributed by atoms with Gasteiger partial charge in [0.05, 0.1) is 6.61 Å². The average molecular weight is 249 g/mol. The first-order valence-corrected chi connectivity index (χ1v) is 7.14. The van der Waals surface area contributed by atoms with E-state index in [1.807, 2.05) is 0 Å². The molecule has 0 radical (unpaired) electrons. The van der Waals surface area contributed by atoms with Crippen LogP contribution in [0.25, 0.3) is 0 Å². The van der Waals surface area contributed by atoms with Crippen LogP contribution >= 0.6 is 0 Å². The summed E-state index contributed by atoms with van der Waals surface area (Å²) >= 11 is 0. The lowest BCUT2D eigenvalue weighted by Crippen LogP contribution is -2.53. The summed E-state index contributed by atoms with van der Waals surface area (Å²) in [5.41, 5.74) is 0. The van der Waals surface area contributed by atoms with Crippen LogP contribution in [0.1, 0.15) is 12.8 Å². The third-order valence-corrected chi connectivity index (χ3v) is 5.32. The second-order valence-corrected chi connectivity index (χ2v) is 6.13. The highest BCUT2D eigenvalue weighted by atomic mass is 32.2. The molecule has 2 rings (SSSR count). The molecule has 0 unspecified atom stereocenters. The highest BCUT2D eigenvalue weighted by molar-refractivity contribution is 7.86. The number of piperazine rings is 1. The van der Waals surface area contributed by atoms with Gasteiger partial charge < -0.3 is 10.4 Å². The van der Waals surface area contributed by atoms with Gasteiger partial charge in [-0.3, -0.25) is 0 Å². The van der Waals surface area contributed by atoms with E-state index in [0.29, 0.717) is 32.7 Å². The Morgan fingerprint density at radius 2 is 1.94 bits per heavy atom. The summed E-state index contributed by atoms with van der Waals surface area (Å²) in [6.07, 6.45) is 1.61. The number of aliphatic hydroxyl groups is 1. The predicted octanol–water partition coefficient (Wildman–Crippen LogP) is -1.41. The Hall–Kier alpha value is -0.210. The lowest BCUT2D eigenvalue weighted by Gasteiger charge is -2.32. The zero-order chi connectivity index (χ0) is 11.6. The summed E-state index contributed by atoms with van der Waals surface area (Å²) in [5.74, 6) is 0. The monoisotopic (exact) mass is 249 g/mol. The number of hydrogen-bond donors (Lipinski definition) is 2. The van der Waals surface area contributed by atoms with Crippen LogP contribution in [0.4, 0.5) is 0 Å². The molecule has 2 aliphatic heterocycles. The summed E-state index contributed by atoms with van der Waals surface area (Å²) in [5, 5.41) is 12.3. The summed E-state index contributed by atoms with van der Waals surface area (Å²) in [4.78, 5) is 0. The lowest BCUT2D eigenvalue weighted by molar-refractivity contribution is 0.204. The molecule has 0 spiro atoms. The molecule has 94 valence electrons. The maximum atomic E-state index is 12.3. The molecule has 0 aromatic rings. The van der Waals surface area contributed by atoms with E-state index in [1.54, 1.807) is 0 Å². The van der Waals surface area contributed by atoms with Crippen molar-refractivity contribution in [2.24, 2.45) is 0 Å². The molecule has 0 aromatic heterocycles. The number of hydrogen-bond acceptors (Lipinski definition) is 4. The van der Waals surface area contributed by atoms with E-state index in [2.05, 4.69) is 5.32 Å². The van der Waals surface area contributed by atoms with E-state index < -0.39 is 10.2 Å². The van der Waals surface area contributed by atoms with Crippen molar-refractivity contribution < 1.29 is 13.5 Å². The van der Waals surface area contributed by atoms with Gasteiger partial charge in [0.1, 0.15) is 0 Å². The molecule has 0 aliphatic carbocycles. The van der Waals surface area contributed by atoms with Gasteiger partial charge in [0, 0.05) is 38.8 Å². The van der Waals surface area contributed by atoms with Crippen molar-refractivity contribution in [2.75, 3.05) is 39.3 Å². The van der Waals surface area contributed by atoms with Crippen molar-refractivity contribution in [3.05, 3.63) is 0 Å². The minimum atomic E-state index is -3.36. The summed E-state index contributed by atoms with van der Waals surface area (Å²) < 4.78 is 27.5. The molecule has 2 fully saturated rings. The minimum Gasteiger partial charge on any atom is -0.395 e. The van der Waals surface area contributed by atoms with Gasteiger partial charge in [0.15, 0.2) is 0 Å². The fraction of sp³-hybridized carbons (Fsp3) is 1.00. The largest absolute Gasteiger partial charge is 0.395 e. The fourth-order valence-electron chi connectivity index (χ4n) is 2.32. The number of aliphatic hydroxyl groups excluding tert-OH is 1. The van der Waals surface area contributed by atoms with Gasteiger partial charge in [0.25, 0.3) is 10.2 Å². The van der Waals surface area contributed by atoms with Crippen LogP contribution in [-0.2, 0) is 10.2 Å². The third kappa shape index (κ3) is 2.23. The van der Waals surface area contributed by atoms with Gasteiger partial charge in [-0.15, -0.1) is 0 Å². The maximum Gasteiger partial charge on any atom is 0.282 e. The van der Waals surface area contributed by atoms with Crippen LogP contribution in [0.3, 0.4) is 0 Å². The molecule has 0 saturated carbocycles. The number of nitrogens with zero attached hydrogens (tertiary/aromatic N) is 2. The van der Waals surface area contributed by atoms with Crippen LogP contribution in [-0.4, -0.2) is 67.5 Å². The molecule has 2 heterocycles. The van der Waals surface area contributed by atoms with Gasteiger partial charge in [-0.05, 0) is 12.8 Å². The Balaban J connectivity index is 2.11. The van der Waals surface area contributed by atoms with Crippen molar-refractivity contribution in [3.63, 3.8) is 0 Å². The second kappa shape index (κ2) is 4.97. The zero-order valence-corrected chi connectivity index (χ0v) is 10.1. The van der Waals surface area contributed by atoms with E-state index in [4.69, 9.17) is 5.11 Å².